The average molecular weight is 345 g/mol. The van der Waals surface area contributed by atoms with Gasteiger partial charge in [-0.1, -0.05) is 12.1 Å². The predicted octanol–water partition coefficient (Wildman–Crippen LogP) is 0.580. The van der Waals surface area contributed by atoms with Gasteiger partial charge in [-0.25, -0.2) is 0 Å². The summed E-state index contributed by atoms with van der Waals surface area (Å²) in [5, 5.41) is 11.6. The number of nitrogens with zero attached hydrogens (tertiary/aromatic N) is 1. The van der Waals surface area contributed by atoms with Gasteiger partial charge in [-0.15, -0.1) is 0 Å². The van der Waals surface area contributed by atoms with Crippen LogP contribution in [-0.4, -0.2) is 51.9 Å². The molecule has 0 aliphatic carbocycles. The lowest BCUT2D eigenvalue weighted by Crippen LogP contribution is -2.46. The van der Waals surface area contributed by atoms with Crippen LogP contribution in [0.2, 0.25) is 0 Å². The van der Waals surface area contributed by atoms with Crippen molar-refractivity contribution in [3.63, 3.8) is 0 Å². The van der Waals surface area contributed by atoms with E-state index in [1.54, 1.807) is 38.1 Å². The lowest BCUT2D eigenvalue weighted by Gasteiger charge is -2.24. The Kier molecular flexibility index (Phi) is 5.53. The Morgan fingerprint density at radius 3 is 2.56 bits per heavy atom. The van der Waals surface area contributed by atoms with Gasteiger partial charge in [0.2, 0.25) is 11.3 Å². The van der Waals surface area contributed by atoms with Crippen LogP contribution in [0.15, 0.2) is 35.3 Å². The monoisotopic (exact) mass is 345 g/mol. The van der Waals surface area contributed by atoms with Crippen LogP contribution in [0.5, 0.6) is 0 Å². The third-order valence-electron chi connectivity index (χ3n) is 3.68. The highest BCUT2D eigenvalue weighted by atomic mass is 16.4. The Labute approximate surface area is 143 Å². The van der Waals surface area contributed by atoms with Gasteiger partial charge < -0.3 is 20.3 Å². The lowest BCUT2D eigenvalue weighted by molar-refractivity contribution is -0.145. The Balaban J connectivity index is 2.12. The number of hydrogen-bond acceptors (Lipinski definition) is 4. The molecule has 1 aromatic heterocycles. The highest BCUT2D eigenvalue weighted by Crippen LogP contribution is 2.07. The van der Waals surface area contributed by atoms with E-state index in [0.29, 0.717) is 10.9 Å². The molecular weight excluding hydrogens is 326 g/mol. The van der Waals surface area contributed by atoms with Crippen LogP contribution in [-0.2, 0) is 9.59 Å². The fraction of sp³-hybridized carbons (Fsp3) is 0.294. The lowest BCUT2D eigenvalue weighted by atomic mass is 10.1. The second-order valence-corrected chi connectivity index (χ2v) is 5.77. The van der Waals surface area contributed by atoms with Crippen molar-refractivity contribution in [3.05, 3.63) is 46.2 Å². The number of rotatable bonds is 6. The number of carboxylic acid groups (broad SMARTS) is 1. The number of pyridine rings is 1. The van der Waals surface area contributed by atoms with Gasteiger partial charge in [0.25, 0.3) is 5.91 Å². The van der Waals surface area contributed by atoms with Gasteiger partial charge in [0, 0.05) is 23.1 Å². The minimum Gasteiger partial charge on any atom is -0.480 e. The van der Waals surface area contributed by atoms with E-state index >= 15 is 0 Å². The molecule has 2 aromatic rings. The molecule has 3 N–H and O–H groups in total. The number of hydrogen-bond donors (Lipinski definition) is 3. The first-order valence-corrected chi connectivity index (χ1v) is 7.71. The molecule has 1 heterocycles. The second-order valence-electron chi connectivity index (χ2n) is 5.77. The van der Waals surface area contributed by atoms with Crippen molar-refractivity contribution in [3.8, 4) is 0 Å². The summed E-state index contributed by atoms with van der Waals surface area (Å²) in [6.07, 6.45) is 1.29. The first-order chi connectivity index (χ1) is 11.8. The Morgan fingerprint density at radius 2 is 1.92 bits per heavy atom. The Bertz CT molecular complexity index is 872. The van der Waals surface area contributed by atoms with E-state index in [-0.39, 0.29) is 11.6 Å². The zero-order chi connectivity index (χ0) is 18.6. The number of amides is 2. The van der Waals surface area contributed by atoms with Gasteiger partial charge in [0.15, 0.2) is 0 Å². The number of para-hydroxylation sites is 1. The third kappa shape index (κ3) is 4.23. The molecule has 8 nitrogen and oxygen atoms in total. The summed E-state index contributed by atoms with van der Waals surface area (Å²) in [5.74, 6) is -2.37. The maximum atomic E-state index is 12.3. The van der Waals surface area contributed by atoms with E-state index in [2.05, 4.69) is 10.3 Å². The van der Waals surface area contributed by atoms with Crippen molar-refractivity contribution in [2.75, 3.05) is 13.1 Å². The maximum absolute atomic E-state index is 12.3. The summed E-state index contributed by atoms with van der Waals surface area (Å²) in [6.45, 7) is 2.51. The average Bonchev–Trinajstić information content (AvgIpc) is 2.57. The quantitative estimate of drug-likeness (QED) is 0.707. The van der Waals surface area contributed by atoms with Crippen LogP contribution in [0.3, 0.4) is 0 Å². The van der Waals surface area contributed by atoms with Crippen molar-refractivity contribution < 1.29 is 19.5 Å². The number of aromatic nitrogens is 1. The van der Waals surface area contributed by atoms with E-state index in [1.807, 2.05) is 0 Å². The number of benzene rings is 1. The smallest absolute Gasteiger partial charge is 0.323 e. The normalized spacial score (nSPS) is 10.7. The minimum atomic E-state index is -1.14. The molecule has 0 spiro atoms. The van der Waals surface area contributed by atoms with Crippen molar-refractivity contribution in [1.29, 1.82) is 0 Å². The molecule has 0 saturated carbocycles. The maximum Gasteiger partial charge on any atom is 0.323 e. The van der Waals surface area contributed by atoms with Crippen LogP contribution in [0.25, 0.3) is 10.9 Å². The number of carbonyl (C=O) groups excluding carboxylic acids is 2. The van der Waals surface area contributed by atoms with E-state index in [4.69, 9.17) is 5.11 Å². The molecule has 0 bridgehead atoms. The molecule has 0 saturated heterocycles. The number of aromatic amines is 1. The van der Waals surface area contributed by atoms with Gasteiger partial charge in [-0.2, -0.15) is 0 Å². The number of carbonyl (C=O) groups is 3. The highest BCUT2D eigenvalue weighted by molar-refractivity contribution is 5.98. The van der Waals surface area contributed by atoms with E-state index in [0.717, 1.165) is 4.90 Å². The zero-order valence-corrected chi connectivity index (χ0v) is 13.9. The van der Waals surface area contributed by atoms with Crippen molar-refractivity contribution >= 4 is 28.7 Å². The number of H-pyrrole nitrogens is 1. The number of carboxylic acids is 1. The Hall–Kier alpha value is -3.16. The van der Waals surface area contributed by atoms with Crippen molar-refractivity contribution in [2.24, 2.45) is 0 Å². The van der Waals surface area contributed by atoms with E-state index in [9.17, 15) is 19.2 Å². The van der Waals surface area contributed by atoms with Gasteiger partial charge in [0.1, 0.15) is 12.1 Å². The van der Waals surface area contributed by atoms with E-state index < -0.39 is 36.3 Å². The predicted molar refractivity (Wildman–Crippen MR) is 91.4 cm³/mol. The summed E-state index contributed by atoms with van der Waals surface area (Å²) in [6, 6.07) is 6.44. The molecule has 0 fully saturated rings. The molecule has 2 amide bonds. The van der Waals surface area contributed by atoms with Gasteiger partial charge in [-0.3, -0.25) is 19.2 Å². The van der Waals surface area contributed by atoms with Crippen LogP contribution in [0.4, 0.5) is 0 Å². The molecule has 1 aromatic carbocycles. The zero-order valence-electron chi connectivity index (χ0n) is 13.9. The Morgan fingerprint density at radius 1 is 1.24 bits per heavy atom. The molecule has 0 atom stereocenters. The molecule has 0 radical (unpaired) electrons. The molecular formula is C17H19N3O5. The molecule has 0 aliphatic rings. The number of nitrogens with one attached hydrogen (secondary N) is 2. The van der Waals surface area contributed by atoms with Crippen LogP contribution >= 0.6 is 0 Å². The summed E-state index contributed by atoms with van der Waals surface area (Å²) >= 11 is 0. The molecule has 132 valence electrons. The van der Waals surface area contributed by atoms with Gasteiger partial charge >= 0.3 is 5.97 Å². The largest absolute Gasteiger partial charge is 0.480 e. The topological polar surface area (TPSA) is 120 Å². The third-order valence-corrected chi connectivity index (χ3v) is 3.68. The summed E-state index contributed by atoms with van der Waals surface area (Å²) in [7, 11) is 0. The summed E-state index contributed by atoms with van der Waals surface area (Å²) < 4.78 is 0. The van der Waals surface area contributed by atoms with Crippen LogP contribution in [0.1, 0.15) is 24.2 Å². The molecule has 8 heteroatoms. The van der Waals surface area contributed by atoms with E-state index in [1.165, 1.54) is 6.20 Å². The summed E-state index contributed by atoms with van der Waals surface area (Å²) in [5.41, 5.74) is 0.0546. The first-order valence-electron chi connectivity index (χ1n) is 7.71. The van der Waals surface area contributed by atoms with Crippen LogP contribution in [0, 0.1) is 0 Å². The van der Waals surface area contributed by atoms with Crippen molar-refractivity contribution in [2.45, 2.75) is 19.9 Å². The fourth-order valence-electron chi connectivity index (χ4n) is 2.39. The number of fused-ring (bicyclic) bond motifs is 1. The summed E-state index contributed by atoms with van der Waals surface area (Å²) in [4.78, 5) is 51.5. The van der Waals surface area contributed by atoms with Crippen molar-refractivity contribution in [1.82, 2.24) is 15.2 Å². The van der Waals surface area contributed by atoms with Gasteiger partial charge in [-0.05, 0) is 26.0 Å². The standard InChI is InChI=1S/C17H19N3O5/c1-10(2)20(9-15(22)23)14(21)8-19-17(25)12-7-18-13-6-4-3-5-11(13)16(12)24/h3-7,10H,8-9H2,1-2H3,(H,18,24)(H,19,25)(H,22,23). The second kappa shape index (κ2) is 7.61. The fourth-order valence-corrected chi connectivity index (χ4v) is 2.39. The molecule has 0 aliphatic heterocycles. The molecule has 0 unspecified atom stereocenters. The molecule has 25 heavy (non-hydrogen) atoms. The first kappa shape index (κ1) is 18.2. The SMILES string of the molecule is CC(C)N(CC(=O)O)C(=O)CNC(=O)c1c[nH]c2ccccc2c1=O. The minimum absolute atomic E-state index is 0.110. The van der Waals surface area contributed by atoms with Crippen LogP contribution < -0.4 is 10.7 Å². The van der Waals surface area contributed by atoms with Gasteiger partial charge in [0.05, 0.1) is 6.54 Å². The molecule has 2 rings (SSSR count). The highest BCUT2D eigenvalue weighted by Gasteiger charge is 2.21. The number of aliphatic carboxylic acids is 1.